The number of anilines is 1. The topological polar surface area (TPSA) is 159 Å². The van der Waals surface area contributed by atoms with Gasteiger partial charge in [0.1, 0.15) is 19.0 Å². The number of pyridine rings is 1. The predicted octanol–water partition coefficient (Wildman–Crippen LogP) is 5.04. The highest BCUT2D eigenvalue weighted by molar-refractivity contribution is 6.31. The van der Waals surface area contributed by atoms with Gasteiger partial charge in [0.05, 0.1) is 42.1 Å². The Bertz CT molecular complexity index is 1840. The third-order valence-corrected chi connectivity index (χ3v) is 8.28. The van der Waals surface area contributed by atoms with E-state index in [1.165, 1.54) is 36.3 Å². The number of methoxy groups -OCH3 is 1. The van der Waals surface area contributed by atoms with E-state index < -0.39 is 29.8 Å². The molecule has 1 aliphatic heterocycles. The highest BCUT2D eigenvalue weighted by atomic mass is 35.5. The quantitative estimate of drug-likeness (QED) is 0.122. The number of aromatic nitrogens is 5. The van der Waals surface area contributed by atoms with E-state index in [2.05, 4.69) is 31.1 Å². The molecule has 2 aromatic heterocycles. The van der Waals surface area contributed by atoms with Gasteiger partial charge in [-0.15, -0.1) is 5.10 Å². The van der Waals surface area contributed by atoms with Crippen LogP contribution in [0.25, 0.3) is 22.9 Å². The second-order valence-corrected chi connectivity index (χ2v) is 11.8. The molecule has 50 heavy (non-hydrogen) atoms. The van der Waals surface area contributed by atoms with E-state index >= 15 is 4.39 Å². The van der Waals surface area contributed by atoms with E-state index in [1.807, 2.05) is 30.3 Å². The monoisotopic (exact) mass is 705 g/mol. The van der Waals surface area contributed by atoms with Gasteiger partial charge in [-0.1, -0.05) is 36.6 Å². The fourth-order valence-electron chi connectivity index (χ4n) is 5.57. The Kier molecular flexibility index (Phi) is 12.6. The van der Waals surface area contributed by atoms with Crippen LogP contribution in [0.4, 0.5) is 10.1 Å². The second-order valence-electron chi connectivity index (χ2n) is 11.4. The molecule has 1 amide bonds. The van der Waals surface area contributed by atoms with Gasteiger partial charge in [0, 0.05) is 36.2 Å². The van der Waals surface area contributed by atoms with Crippen LogP contribution in [0.5, 0.6) is 0 Å². The number of hydrogen-bond acceptors (Lipinski definition) is 11. The predicted molar refractivity (Wildman–Crippen MR) is 183 cm³/mol. The van der Waals surface area contributed by atoms with Crippen LogP contribution in [0.15, 0.2) is 61.1 Å². The minimum atomic E-state index is -0.723. The van der Waals surface area contributed by atoms with Crippen molar-refractivity contribution in [2.75, 3.05) is 32.2 Å². The van der Waals surface area contributed by atoms with Crippen molar-refractivity contribution < 1.29 is 33.0 Å². The van der Waals surface area contributed by atoms with Gasteiger partial charge < -0.3 is 24.8 Å². The third kappa shape index (κ3) is 9.27. The minimum Gasteiger partial charge on any atom is -0.464 e. The molecule has 15 heteroatoms. The summed E-state index contributed by atoms with van der Waals surface area (Å²) >= 11 is 6.04. The maximum atomic E-state index is 15.1. The number of ether oxygens (including phenoxy) is 3. The molecule has 0 saturated carbocycles. The minimum absolute atomic E-state index is 0.0300. The van der Waals surface area contributed by atoms with Crippen molar-refractivity contribution in [3.8, 4) is 16.8 Å². The smallest absolute Gasteiger partial charge is 0.328 e. The highest BCUT2D eigenvalue weighted by Gasteiger charge is 2.24. The largest absolute Gasteiger partial charge is 0.464 e. The molecule has 1 aliphatic rings. The van der Waals surface area contributed by atoms with Gasteiger partial charge >= 0.3 is 11.9 Å². The lowest BCUT2D eigenvalue weighted by atomic mass is 9.95. The molecule has 2 bridgehead atoms. The van der Waals surface area contributed by atoms with Crippen molar-refractivity contribution in [3.63, 3.8) is 0 Å². The van der Waals surface area contributed by atoms with Crippen LogP contribution in [0.3, 0.4) is 0 Å². The summed E-state index contributed by atoms with van der Waals surface area (Å²) in [5.41, 5.74) is 3.82. The van der Waals surface area contributed by atoms with Crippen molar-refractivity contribution in [3.05, 3.63) is 88.7 Å². The van der Waals surface area contributed by atoms with E-state index in [4.69, 9.17) is 25.8 Å². The van der Waals surface area contributed by atoms with Crippen LogP contribution in [-0.2, 0) is 35.0 Å². The van der Waals surface area contributed by atoms with Gasteiger partial charge in [0.2, 0.25) is 5.91 Å². The summed E-state index contributed by atoms with van der Waals surface area (Å²) in [5, 5.41) is 17.3. The number of carbonyl (C=O) groups excluding carboxylic acids is 3. The number of esters is 2. The molecular formula is C35H37ClFN7O6. The van der Waals surface area contributed by atoms with Gasteiger partial charge in [-0.2, -0.15) is 4.68 Å². The molecular weight excluding hydrogens is 669 g/mol. The van der Waals surface area contributed by atoms with Crippen molar-refractivity contribution >= 4 is 41.2 Å². The molecule has 2 N–H and O–H groups in total. The summed E-state index contributed by atoms with van der Waals surface area (Å²) in [5.74, 6) is -2.00. The molecule has 2 atom stereocenters. The van der Waals surface area contributed by atoms with Crippen LogP contribution < -0.4 is 10.6 Å². The summed E-state index contributed by atoms with van der Waals surface area (Å²) in [7, 11) is 1.53. The molecule has 2 aromatic carbocycles. The summed E-state index contributed by atoms with van der Waals surface area (Å²) in [6.45, 7) is 2.42. The van der Waals surface area contributed by atoms with E-state index in [-0.39, 0.29) is 36.2 Å². The lowest BCUT2D eigenvalue weighted by Crippen LogP contribution is -2.32. The van der Waals surface area contributed by atoms with E-state index in [1.54, 1.807) is 19.2 Å². The number of fused-ring (bicyclic) bond motifs is 4. The standard InChI is InChI=1S/C35H37ClFN7O6/c1-3-49-35(47)28-7-5-4-6-27(41-32(45)13-10-25-31(44-21-39-42-43-44)12-11-26(36)34(25)37)30-20-23(14-15-38-30)24-9-8-22(18-29(24)40-28)19-33(46)50-17-16-48-2/h8-15,18,20-21,27-28,40H,3-7,16-17,19H2,1-2H3,(H,41,45)/b13-10+/t27-,28-/m0/s1. The number of nitrogens with zero attached hydrogens (tertiary/aromatic N) is 5. The fourth-order valence-corrected chi connectivity index (χ4v) is 5.74. The highest BCUT2D eigenvalue weighted by Crippen LogP contribution is 2.33. The maximum absolute atomic E-state index is 15.1. The lowest BCUT2D eigenvalue weighted by molar-refractivity contribution is -0.145. The normalized spacial score (nSPS) is 16.0. The molecule has 0 aliphatic carbocycles. The summed E-state index contributed by atoms with van der Waals surface area (Å²) in [6, 6.07) is 11.0. The van der Waals surface area contributed by atoms with Crippen LogP contribution in [0.2, 0.25) is 5.02 Å². The Morgan fingerprint density at radius 3 is 2.72 bits per heavy atom. The number of hydrogen-bond donors (Lipinski definition) is 2. The Balaban J connectivity index is 1.44. The first kappa shape index (κ1) is 36.1. The van der Waals surface area contributed by atoms with Gasteiger partial charge in [-0.05, 0) is 77.7 Å². The van der Waals surface area contributed by atoms with Gasteiger partial charge in [0.15, 0.2) is 5.82 Å². The van der Waals surface area contributed by atoms with Crippen molar-refractivity contribution in [1.82, 2.24) is 30.5 Å². The SMILES string of the molecule is CCOC(=O)[C@@H]1CCCC[C@H](NC(=O)/C=C/c2c(-n3cnnn3)ccc(Cl)c2F)c2cc(ccn2)-c2ccc(CC(=O)OCCOC)cc2N1. The first-order valence-corrected chi connectivity index (χ1v) is 16.5. The second kappa shape index (κ2) is 17.4. The molecule has 5 rings (SSSR count). The van der Waals surface area contributed by atoms with Gasteiger partial charge in [-0.25, -0.2) is 9.18 Å². The first-order valence-electron chi connectivity index (χ1n) is 16.1. The molecule has 13 nitrogen and oxygen atoms in total. The Hall–Kier alpha value is -5.21. The van der Waals surface area contributed by atoms with Crippen LogP contribution in [0.1, 0.15) is 55.5 Å². The van der Waals surface area contributed by atoms with Crippen LogP contribution in [0, 0.1) is 5.82 Å². The van der Waals surface area contributed by atoms with Crippen LogP contribution >= 0.6 is 11.6 Å². The number of benzene rings is 2. The molecule has 0 spiro atoms. The van der Waals surface area contributed by atoms with Gasteiger partial charge in [-0.3, -0.25) is 14.6 Å². The fraction of sp³-hybridized carbons (Fsp3) is 0.343. The zero-order valence-electron chi connectivity index (χ0n) is 27.6. The number of rotatable bonds is 11. The number of nitrogens with one attached hydrogen (secondary N) is 2. The molecule has 4 aromatic rings. The Labute approximate surface area is 293 Å². The maximum Gasteiger partial charge on any atom is 0.328 e. The third-order valence-electron chi connectivity index (χ3n) is 7.99. The Morgan fingerprint density at radius 2 is 1.94 bits per heavy atom. The van der Waals surface area contributed by atoms with Crippen molar-refractivity contribution in [2.45, 2.75) is 51.1 Å². The van der Waals surface area contributed by atoms with Gasteiger partial charge in [0.25, 0.3) is 0 Å². The molecule has 0 radical (unpaired) electrons. The molecule has 0 saturated heterocycles. The molecule has 0 unspecified atom stereocenters. The average molecular weight is 706 g/mol. The number of halogens is 2. The van der Waals surface area contributed by atoms with E-state index in [9.17, 15) is 14.4 Å². The van der Waals surface area contributed by atoms with E-state index in [0.717, 1.165) is 11.1 Å². The zero-order valence-corrected chi connectivity index (χ0v) is 28.4. The van der Waals surface area contributed by atoms with Crippen molar-refractivity contribution in [1.29, 1.82) is 0 Å². The molecule has 262 valence electrons. The summed E-state index contributed by atoms with van der Waals surface area (Å²) in [4.78, 5) is 43.4. The number of carbonyl (C=O) groups is 3. The number of amides is 1. The summed E-state index contributed by atoms with van der Waals surface area (Å²) < 4.78 is 32.0. The molecule has 0 fully saturated rings. The average Bonchev–Trinajstić information content (AvgIpc) is 3.64. The Morgan fingerprint density at radius 1 is 1.10 bits per heavy atom. The van der Waals surface area contributed by atoms with Crippen LogP contribution in [-0.4, -0.2) is 76.0 Å². The molecule has 3 heterocycles. The van der Waals surface area contributed by atoms with E-state index in [0.29, 0.717) is 54.9 Å². The summed E-state index contributed by atoms with van der Waals surface area (Å²) in [6.07, 6.45) is 7.78. The lowest BCUT2D eigenvalue weighted by Gasteiger charge is -2.24. The first-order chi connectivity index (χ1) is 24.3. The number of tetrazole rings is 1. The zero-order chi connectivity index (χ0) is 35.5. The van der Waals surface area contributed by atoms with Crippen molar-refractivity contribution in [2.24, 2.45) is 0 Å².